The van der Waals surface area contributed by atoms with Crippen LogP contribution >= 0.6 is 31.9 Å². The molecule has 1 amide bonds. The van der Waals surface area contributed by atoms with E-state index >= 15 is 0 Å². The SMILES string of the molecule is CCc1ccc(NC(=O)c2cc3cc(Br)ccc3oc2=O)c(Br)c1. The second-order valence-corrected chi connectivity index (χ2v) is 7.02. The van der Waals surface area contributed by atoms with Gasteiger partial charge in [0, 0.05) is 14.3 Å². The lowest BCUT2D eigenvalue weighted by atomic mass is 10.1. The van der Waals surface area contributed by atoms with Crippen molar-refractivity contribution in [2.24, 2.45) is 0 Å². The zero-order valence-electron chi connectivity index (χ0n) is 12.7. The highest BCUT2D eigenvalue weighted by Crippen LogP contribution is 2.25. The maximum absolute atomic E-state index is 12.5. The van der Waals surface area contributed by atoms with Gasteiger partial charge in [0.05, 0.1) is 5.69 Å². The predicted octanol–water partition coefficient (Wildman–Crippen LogP) is 5.13. The third-order valence-electron chi connectivity index (χ3n) is 3.63. The summed E-state index contributed by atoms with van der Waals surface area (Å²) < 4.78 is 6.83. The van der Waals surface area contributed by atoms with Gasteiger partial charge in [-0.2, -0.15) is 0 Å². The Kier molecular flexibility index (Phi) is 4.87. The van der Waals surface area contributed by atoms with Crippen LogP contribution < -0.4 is 10.9 Å². The minimum atomic E-state index is -0.663. The molecule has 0 unspecified atom stereocenters. The Bertz CT molecular complexity index is 995. The second-order valence-electron chi connectivity index (χ2n) is 5.25. The molecule has 0 atom stereocenters. The van der Waals surface area contributed by atoms with Gasteiger partial charge in [0.1, 0.15) is 11.1 Å². The molecule has 0 spiro atoms. The van der Waals surface area contributed by atoms with E-state index in [0.717, 1.165) is 20.9 Å². The van der Waals surface area contributed by atoms with E-state index < -0.39 is 11.5 Å². The van der Waals surface area contributed by atoms with Gasteiger partial charge in [0.15, 0.2) is 0 Å². The van der Waals surface area contributed by atoms with E-state index in [2.05, 4.69) is 44.1 Å². The Morgan fingerprint density at radius 2 is 1.92 bits per heavy atom. The van der Waals surface area contributed by atoms with Crippen LogP contribution in [0.5, 0.6) is 0 Å². The first-order valence-corrected chi connectivity index (χ1v) is 8.89. The number of fused-ring (bicyclic) bond motifs is 1. The minimum Gasteiger partial charge on any atom is -0.422 e. The maximum Gasteiger partial charge on any atom is 0.349 e. The summed E-state index contributed by atoms with van der Waals surface area (Å²) in [4.78, 5) is 24.6. The highest BCUT2D eigenvalue weighted by atomic mass is 79.9. The van der Waals surface area contributed by atoms with E-state index in [-0.39, 0.29) is 5.56 Å². The molecule has 3 rings (SSSR count). The smallest absolute Gasteiger partial charge is 0.349 e. The van der Waals surface area contributed by atoms with Gasteiger partial charge >= 0.3 is 5.63 Å². The van der Waals surface area contributed by atoms with E-state index in [1.54, 1.807) is 24.3 Å². The number of hydrogen-bond donors (Lipinski definition) is 1. The molecule has 0 aliphatic carbocycles. The fourth-order valence-electron chi connectivity index (χ4n) is 2.32. The molecule has 1 aromatic heterocycles. The molecule has 0 fully saturated rings. The molecule has 0 radical (unpaired) electrons. The van der Waals surface area contributed by atoms with Crippen molar-refractivity contribution in [2.75, 3.05) is 5.32 Å². The summed E-state index contributed by atoms with van der Waals surface area (Å²) in [5.74, 6) is -0.504. The van der Waals surface area contributed by atoms with Crippen LogP contribution in [-0.2, 0) is 6.42 Å². The number of halogens is 2. The Morgan fingerprint density at radius 1 is 1.12 bits per heavy atom. The average Bonchev–Trinajstić information content (AvgIpc) is 2.56. The van der Waals surface area contributed by atoms with E-state index in [9.17, 15) is 9.59 Å². The van der Waals surface area contributed by atoms with Gasteiger partial charge in [-0.3, -0.25) is 4.79 Å². The van der Waals surface area contributed by atoms with Gasteiger partial charge in [0.25, 0.3) is 5.91 Å². The lowest BCUT2D eigenvalue weighted by Gasteiger charge is -2.09. The fraction of sp³-hybridized carbons (Fsp3) is 0.111. The molecule has 0 aliphatic rings. The predicted molar refractivity (Wildman–Crippen MR) is 102 cm³/mol. The topological polar surface area (TPSA) is 59.3 Å². The van der Waals surface area contributed by atoms with E-state index in [1.165, 1.54) is 6.07 Å². The molecule has 2 aromatic carbocycles. The quantitative estimate of drug-likeness (QED) is 0.562. The fourth-order valence-corrected chi connectivity index (χ4v) is 3.23. The molecule has 3 aromatic rings. The number of hydrogen-bond acceptors (Lipinski definition) is 3. The third kappa shape index (κ3) is 3.44. The minimum absolute atomic E-state index is 0.0351. The number of benzene rings is 2. The van der Waals surface area contributed by atoms with Gasteiger partial charge in [-0.05, 0) is 64.3 Å². The average molecular weight is 451 g/mol. The molecule has 0 saturated carbocycles. The van der Waals surface area contributed by atoms with Crippen LogP contribution in [0.4, 0.5) is 5.69 Å². The first-order valence-electron chi connectivity index (χ1n) is 7.31. The van der Waals surface area contributed by atoms with Crippen LogP contribution in [-0.4, -0.2) is 5.91 Å². The van der Waals surface area contributed by atoms with Gasteiger partial charge < -0.3 is 9.73 Å². The Balaban J connectivity index is 1.96. The Morgan fingerprint density at radius 3 is 2.62 bits per heavy atom. The molecule has 0 saturated heterocycles. The van der Waals surface area contributed by atoms with E-state index in [4.69, 9.17) is 4.42 Å². The molecule has 6 heteroatoms. The highest BCUT2D eigenvalue weighted by molar-refractivity contribution is 9.10. The molecule has 0 aliphatic heterocycles. The number of amides is 1. The summed E-state index contributed by atoms with van der Waals surface area (Å²) in [5.41, 5.74) is 1.49. The molecule has 4 nitrogen and oxygen atoms in total. The van der Waals surface area contributed by atoms with Crippen molar-refractivity contribution < 1.29 is 9.21 Å². The summed E-state index contributed by atoms with van der Waals surface area (Å²) in [7, 11) is 0. The highest BCUT2D eigenvalue weighted by Gasteiger charge is 2.15. The van der Waals surface area contributed by atoms with Crippen LogP contribution in [0.25, 0.3) is 11.0 Å². The van der Waals surface area contributed by atoms with Crippen molar-refractivity contribution >= 4 is 54.4 Å². The van der Waals surface area contributed by atoms with Crippen LogP contribution in [0.1, 0.15) is 22.8 Å². The molecule has 122 valence electrons. The zero-order valence-corrected chi connectivity index (χ0v) is 15.9. The summed E-state index contributed by atoms with van der Waals surface area (Å²) in [6, 6.07) is 12.5. The van der Waals surface area contributed by atoms with Crippen LogP contribution in [0.2, 0.25) is 0 Å². The lowest BCUT2D eigenvalue weighted by molar-refractivity contribution is 0.102. The molecule has 1 heterocycles. The van der Waals surface area contributed by atoms with Crippen molar-refractivity contribution in [1.29, 1.82) is 0 Å². The summed E-state index contributed by atoms with van der Waals surface area (Å²) in [6.45, 7) is 2.05. The van der Waals surface area contributed by atoms with Crippen LogP contribution in [0.15, 0.2) is 60.6 Å². The maximum atomic E-state index is 12.5. The van der Waals surface area contributed by atoms with Crippen molar-refractivity contribution in [1.82, 2.24) is 0 Å². The van der Waals surface area contributed by atoms with Gasteiger partial charge in [0.2, 0.25) is 0 Å². The monoisotopic (exact) mass is 449 g/mol. The number of carbonyl (C=O) groups excluding carboxylic acids is 1. The molecule has 1 N–H and O–H groups in total. The number of aryl methyl sites for hydroxylation is 1. The molecular formula is C18H13Br2NO3. The summed E-state index contributed by atoms with van der Waals surface area (Å²) >= 11 is 6.80. The van der Waals surface area contributed by atoms with Crippen molar-refractivity contribution in [3.8, 4) is 0 Å². The summed E-state index contributed by atoms with van der Waals surface area (Å²) in [5, 5.41) is 3.42. The number of nitrogens with one attached hydrogen (secondary N) is 1. The van der Waals surface area contributed by atoms with Gasteiger partial charge in [-0.25, -0.2) is 4.79 Å². The van der Waals surface area contributed by atoms with Gasteiger partial charge in [-0.15, -0.1) is 0 Å². The van der Waals surface area contributed by atoms with Crippen LogP contribution in [0, 0.1) is 0 Å². The lowest BCUT2D eigenvalue weighted by Crippen LogP contribution is -2.20. The summed E-state index contributed by atoms with van der Waals surface area (Å²) in [6.07, 6.45) is 0.899. The number of rotatable bonds is 3. The standard InChI is InChI=1S/C18H13Br2NO3/c1-2-10-3-5-15(14(20)7-10)21-17(22)13-9-11-8-12(19)4-6-16(11)24-18(13)23/h3-9H,2H2,1H3,(H,21,22). The van der Waals surface area contributed by atoms with Crippen molar-refractivity contribution in [3.63, 3.8) is 0 Å². The number of carbonyl (C=O) groups is 1. The second kappa shape index (κ2) is 6.91. The van der Waals surface area contributed by atoms with E-state index in [0.29, 0.717) is 16.7 Å². The Labute approximate surface area is 155 Å². The zero-order chi connectivity index (χ0) is 17.3. The normalized spacial score (nSPS) is 10.8. The Hall–Kier alpha value is -1.92. The first-order chi connectivity index (χ1) is 11.5. The third-order valence-corrected chi connectivity index (χ3v) is 4.78. The van der Waals surface area contributed by atoms with Crippen molar-refractivity contribution in [2.45, 2.75) is 13.3 Å². The number of anilines is 1. The van der Waals surface area contributed by atoms with Crippen molar-refractivity contribution in [3.05, 3.63) is 73.0 Å². The van der Waals surface area contributed by atoms with Crippen LogP contribution in [0.3, 0.4) is 0 Å². The molecular weight excluding hydrogens is 438 g/mol. The molecule has 24 heavy (non-hydrogen) atoms. The molecule has 0 bridgehead atoms. The van der Waals surface area contributed by atoms with Gasteiger partial charge in [-0.1, -0.05) is 28.9 Å². The largest absolute Gasteiger partial charge is 0.422 e. The van der Waals surface area contributed by atoms with E-state index in [1.807, 2.05) is 12.1 Å². The first kappa shape index (κ1) is 16.9.